The smallest absolute Gasteiger partial charge is 0.270 e. The molecule has 2 aromatic rings. The van der Waals surface area contributed by atoms with Crippen LogP contribution in [0.4, 0.5) is 5.95 Å². The predicted molar refractivity (Wildman–Crippen MR) is 90.8 cm³/mol. The van der Waals surface area contributed by atoms with Crippen LogP contribution in [0, 0.1) is 0 Å². The van der Waals surface area contributed by atoms with Crippen molar-refractivity contribution < 1.29 is 9.90 Å². The van der Waals surface area contributed by atoms with Crippen molar-refractivity contribution in [1.29, 1.82) is 0 Å². The number of piperidine rings is 1. The van der Waals surface area contributed by atoms with E-state index in [9.17, 15) is 9.90 Å². The number of aromatic nitrogens is 3. The molecule has 3 heterocycles. The highest BCUT2D eigenvalue weighted by Crippen LogP contribution is 2.25. The third-order valence-electron chi connectivity index (χ3n) is 4.43. The first-order chi connectivity index (χ1) is 11.5. The molecular formula is C17H23N5O2. The van der Waals surface area contributed by atoms with Gasteiger partial charge in [-0.15, -0.1) is 0 Å². The molecule has 1 aliphatic rings. The van der Waals surface area contributed by atoms with Crippen LogP contribution in [-0.4, -0.2) is 62.7 Å². The third kappa shape index (κ3) is 3.41. The van der Waals surface area contributed by atoms with Crippen molar-refractivity contribution in [3.8, 4) is 0 Å². The second kappa shape index (κ2) is 6.60. The average molecular weight is 329 g/mol. The van der Waals surface area contributed by atoms with Crippen LogP contribution in [0.3, 0.4) is 0 Å². The van der Waals surface area contributed by atoms with Gasteiger partial charge in [-0.3, -0.25) is 4.79 Å². The molecule has 1 fully saturated rings. The number of hydrogen-bond donors (Lipinski definition) is 1. The Hall–Kier alpha value is -2.41. The van der Waals surface area contributed by atoms with Crippen LogP contribution in [0.5, 0.6) is 0 Å². The van der Waals surface area contributed by atoms with Crippen LogP contribution in [0.1, 0.15) is 23.3 Å². The normalized spacial score (nSPS) is 20.9. The molecule has 0 aliphatic carbocycles. The fourth-order valence-corrected chi connectivity index (χ4v) is 3.26. The number of hydrogen-bond acceptors (Lipinski definition) is 5. The maximum Gasteiger partial charge on any atom is 0.270 e. The van der Waals surface area contributed by atoms with Gasteiger partial charge < -0.3 is 19.5 Å². The maximum atomic E-state index is 12.5. The minimum absolute atomic E-state index is 0.0935. The minimum Gasteiger partial charge on any atom is -0.386 e. The Morgan fingerprint density at radius 2 is 2.12 bits per heavy atom. The minimum atomic E-state index is -0.965. The zero-order valence-electron chi connectivity index (χ0n) is 14.1. The second-order valence-electron chi connectivity index (χ2n) is 6.46. The molecule has 1 aliphatic heterocycles. The van der Waals surface area contributed by atoms with Crippen molar-refractivity contribution in [3.05, 3.63) is 42.5 Å². The Morgan fingerprint density at radius 1 is 1.38 bits per heavy atom. The largest absolute Gasteiger partial charge is 0.386 e. The second-order valence-corrected chi connectivity index (χ2v) is 6.46. The summed E-state index contributed by atoms with van der Waals surface area (Å²) in [4.78, 5) is 24.6. The first kappa shape index (κ1) is 16.4. The van der Waals surface area contributed by atoms with Crippen molar-refractivity contribution in [2.75, 3.05) is 31.6 Å². The number of anilines is 1. The van der Waals surface area contributed by atoms with Crippen molar-refractivity contribution >= 4 is 11.9 Å². The van der Waals surface area contributed by atoms with Crippen LogP contribution >= 0.6 is 0 Å². The summed E-state index contributed by atoms with van der Waals surface area (Å²) in [5.74, 6) is 0.524. The molecule has 7 heteroatoms. The molecular weight excluding hydrogens is 306 g/mol. The van der Waals surface area contributed by atoms with Gasteiger partial charge >= 0.3 is 0 Å². The fraction of sp³-hybridized carbons (Fsp3) is 0.471. The van der Waals surface area contributed by atoms with Crippen LogP contribution in [0.25, 0.3) is 0 Å². The highest BCUT2D eigenvalue weighted by atomic mass is 16.3. The summed E-state index contributed by atoms with van der Waals surface area (Å²) in [7, 11) is 3.57. The molecule has 1 atom stereocenters. The van der Waals surface area contributed by atoms with Gasteiger partial charge in [-0.1, -0.05) is 0 Å². The maximum absolute atomic E-state index is 12.5. The van der Waals surface area contributed by atoms with Gasteiger partial charge in [-0.25, -0.2) is 9.97 Å². The molecule has 0 unspecified atom stereocenters. The number of amides is 1. The van der Waals surface area contributed by atoms with Crippen molar-refractivity contribution in [1.82, 2.24) is 19.4 Å². The van der Waals surface area contributed by atoms with Gasteiger partial charge in [0.2, 0.25) is 5.95 Å². The lowest BCUT2D eigenvalue weighted by Crippen LogP contribution is -2.55. The summed E-state index contributed by atoms with van der Waals surface area (Å²) in [6.07, 6.45) is 6.72. The fourth-order valence-electron chi connectivity index (χ4n) is 3.26. The molecule has 1 saturated heterocycles. The number of likely N-dealkylation sites (N-methyl/N-ethyl adjacent to an activating group) is 1. The summed E-state index contributed by atoms with van der Waals surface area (Å²) in [5.41, 5.74) is -0.354. The van der Waals surface area contributed by atoms with Crippen LogP contribution in [-0.2, 0) is 7.05 Å². The molecule has 0 spiro atoms. The number of β-amino-alcohol motifs (C(OH)–C–C–N with tert-alkyl or cyclic N) is 1. The van der Waals surface area contributed by atoms with E-state index in [0.29, 0.717) is 24.6 Å². The van der Waals surface area contributed by atoms with Crippen LogP contribution in [0.2, 0.25) is 0 Å². The lowest BCUT2D eigenvalue weighted by molar-refractivity contribution is -0.000533. The molecule has 1 N–H and O–H groups in total. The number of nitrogens with zero attached hydrogens (tertiary/aromatic N) is 5. The molecule has 24 heavy (non-hydrogen) atoms. The lowest BCUT2D eigenvalue weighted by Gasteiger charge is -2.41. The van der Waals surface area contributed by atoms with Crippen molar-refractivity contribution in [2.24, 2.45) is 7.05 Å². The van der Waals surface area contributed by atoms with E-state index in [1.807, 2.05) is 24.2 Å². The van der Waals surface area contributed by atoms with E-state index in [0.717, 1.165) is 13.0 Å². The zero-order valence-corrected chi connectivity index (χ0v) is 14.1. The van der Waals surface area contributed by atoms with Crippen LogP contribution < -0.4 is 4.90 Å². The van der Waals surface area contributed by atoms with Gasteiger partial charge in [-0.2, -0.15) is 0 Å². The highest BCUT2D eigenvalue weighted by Gasteiger charge is 2.36. The number of rotatable bonds is 4. The predicted octanol–water partition coefficient (Wildman–Crippen LogP) is 0.919. The first-order valence-electron chi connectivity index (χ1n) is 8.10. The quantitative estimate of drug-likeness (QED) is 0.903. The SMILES string of the molecule is CN(C[C@@]1(O)CCCN(c2ncccn2)C1)C(=O)c1cccn1C. The average Bonchev–Trinajstić information content (AvgIpc) is 3.00. The van der Waals surface area contributed by atoms with Gasteiger partial charge in [0, 0.05) is 39.2 Å². The van der Waals surface area contributed by atoms with Gasteiger partial charge in [-0.05, 0) is 31.0 Å². The van der Waals surface area contributed by atoms with Crippen molar-refractivity contribution in [2.45, 2.75) is 18.4 Å². The highest BCUT2D eigenvalue weighted by molar-refractivity contribution is 5.92. The molecule has 1 amide bonds. The van der Waals surface area contributed by atoms with E-state index in [4.69, 9.17) is 0 Å². The molecule has 7 nitrogen and oxygen atoms in total. The molecule has 2 aromatic heterocycles. The lowest BCUT2D eigenvalue weighted by atomic mass is 9.92. The summed E-state index contributed by atoms with van der Waals surface area (Å²) in [6, 6.07) is 5.39. The van der Waals surface area contributed by atoms with Crippen LogP contribution in [0.15, 0.2) is 36.8 Å². The Kier molecular flexibility index (Phi) is 4.53. The van der Waals surface area contributed by atoms with Gasteiger partial charge in [0.1, 0.15) is 5.69 Å². The molecule has 3 rings (SSSR count). The molecule has 0 radical (unpaired) electrons. The van der Waals surface area contributed by atoms with E-state index >= 15 is 0 Å². The van der Waals surface area contributed by atoms with Gasteiger partial charge in [0.15, 0.2) is 0 Å². The molecule has 0 saturated carbocycles. The summed E-state index contributed by atoms with van der Waals surface area (Å²) >= 11 is 0. The molecule has 128 valence electrons. The summed E-state index contributed by atoms with van der Waals surface area (Å²) < 4.78 is 1.79. The van der Waals surface area contributed by atoms with E-state index < -0.39 is 5.60 Å². The number of aliphatic hydroxyl groups is 1. The Bertz CT molecular complexity index is 702. The summed E-state index contributed by atoms with van der Waals surface area (Å²) in [5, 5.41) is 11.0. The zero-order chi connectivity index (χ0) is 17.2. The standard InChI is InChI=1S/C17H23N5O2/c1-20-10-3-6-14(20)15(23)21(2)12-17(24)7-4-11-22(13-17)16-18-8-5-9-19-16/h3,5-6,8-10,24H,4,7,11-13H2,1-2H3/t17-/m0/s1. The Labute approximate surface area is 141 Å². The van der Waals surface area contributed by atoms with Gasteiger partial charge in [0.05, 0.1) is 18.7 Å². The first-order valence-corrected chi connectivity index (χ1v) is 8.10. The number of carbonyl (C=O) groups excluding carboxylic acids is 1. The van der Waals surface area contributed by atoms with E-state index in [1.54, 1.807) is 41.0 Å². The topological polar surface area (TPSA) is 74.5 Å². The number of aryl methyl sites for hydroxylation is 1. The van der Waals surface area contributed by atoms with Crippen molar-refractivity contribution in [3.63, 3.8) is 0 Å². The van der Waals surface area contributed by atoms with E-state index in [-0.39, 0.29) is 12.5 Å². The monoisotopic (exact) mass is 329 g/mol. The molecule has 0 bridgehead atoms. The van der Waals surface area contributed by atoms with Gasteiger partial charge in [0.25, 0.3) is 5.91 Å². The van der Waals surface area contributed by atoms with E-state index in [2.05, 4.69) is 9.97 Å². The third-order valence-corrected chi connectivity index (χ3v) is 4.43. The number of carbonyl (C=O) groups is 1. The summed E-state index contributed by atoms with van der Waals surface area (Å²) in [6.45, 7) is 1.50. The molecule has 0 aromatic carbocycles. The Morgan fingerprint density at radius 3 is 2.79 bits per heavy atom. The van der Waals surface area contributed by atoms with E-state index in [1.165, 1.54) is 0 Å². The Balaban J connectivity index is 1.69.